The van der Waals surface area contributed by atoms with Crippen molar-refractivity contribution in [2.45, 2.75) is 11.3 Å². The first-order valence-electron chi connectivity index (χ1n) is 2.65. The molecular weight excluding hydrogens is 255 g/mol. The maximum atomic E-state index is 11.9. The summed E-state index contributed by atoms with van der Waals surface area (Å²) in [5, 5.41) is 3.02. The Morgan fingerprint density at radius 2 is 1.07 bits per heavy atom. The molecule has 0 amide bonds. The highest BCUT2D eigenvalue weighted by Gasteiger charge is 2.76. The van der Waals surface area contributed by atoms with E-state index < -0.39 is 26.5 Å². The number of alkyl halides is 3. The van der Waals surface area contributed by atoms with Gasteiger partial charge in [-0.1, -0.05) is 0 Å². The molecule has 0 bridgehead atoms. The van der Waals surface area contributed by atoms with Gasteiger partial charge in [0.05, 0.1) is 0 Å². The maximum absolute atomic E-state index is 11.9. The van der Waals surface area contributed by atoms with Crippen molar-refractivity contribution >= 4 is 15.2 Å². The monoisotopic (exact) mass is 260 g/mol. The summed E-state index contributed by atoms with van der Waals surface area (Å²) < 4.78 is 55.9. The minimum absolute atomic E-state index is 5.35. The normalized spacial score (nSPS) is 15.7. The molecule has 0 spiro atoms. The zero-order chi connectivity index (χ0) is 12.0. The van der Waals surface area contributed by atoms with Gasteiger partial charge >= 0.3 is 26.5 Å². The highest BCUT2D eigenvalue weighted by molar-refractivity contribution is 7.72. The van der Waals surface area contributed by atoms with Gasteiger partial charge in [0.15, 0.2) is 0 Å². The molecule has 5 N–H and O–H groups in total. The smallest absolute Gasteiger partial charge is 0.361 e. The molecule has 0 radical (unpaired) electrons. The lowest BCUT2D eigenvalue weighted by atomic mass is 10.7. The number of rotatable bonds is 2. The summed E-state index contributed by atoms with van der Waals surface area (Å²) in [4.78, 5) is 32.2. The molecule has 14 heavy (non-hydrogen) atoms. The van der Waals surface area contributed by atoms with Gasteiger partial charge in [-0.2, -0.15) is 13.2 Å². The molecule has 0 fully saturated rings. The van der Waals surface area contributed by atoms with E-state index in [1.165, 1.54) is 0 Å². The first-order valence-corrected chi connectivity index (χ1v) is 5.88. The summed E-state index contributed by atoms with van der Waals surface area (Å²) in [6, 6.07) is 0. The molecule has 12 heteroatoms. The molecule has 7 nitrogen and oxygen atoms in total. The van der Waals surface area contributed by atoms with Crippen LogP contribution in [0.4, 0.5) is 13.2 Å². The first-order chi connectivity index (χ1) is 5.75. The summed E-state index contributed by atoms with van der Waals surface area (Å²) in [6.07, 6.45) is -6.15. The average Bonchev–Trinajstić information content (AvgIpc) is 1.77. The van der Waals surface area contributed by atoms with Gasteiger partial charge in [0.1, 0.15) is 0 Å². The number of aliphatic hydroxyl groups is 1. The van der Waals surface area contributed by atoms with Crippen molar-refractivity contribution < 1.29 is 47.0 Å². The van der Waals surface area contributed by atoms with Crippen LogP contribution in [0.15, 0.2) is 0 Å². The lowest BCUT2D eigenvalue weighted by Crippen LogP contribution is -2.44. The lowest BCUT2D eigenvalue weighted by Gasteiger charge is -2.30. The quantitative estimate of drug-likeness (QED) is 0.424. The highest BCUT2D eigenvalue weighted by Crippen LogP contribution is 2.72. The van der Waals surface area contributed by atoms with E-state index in [1.807, 2.05) is 0 Å². The van der Waals surface area contributed by atoms with E-state index in [0.29, 0.717) is 0 Å². The average molecular weight is 260 g/mol. The topological polar surface area (TPSA) is 135 Å². The van der Waals surface area contributed by atoms with Crippen molar-refractivity contribution in [3.05, 3.63) is 0 Å². The maximum Gasteiger partial charge on any atom is 0.441 e. The van der Waals surface area contributed by atoms with Crippen LogP contribution in [0.1, 0.15) is 0 Å². The standard InChI is InChI=1S/C2H5F3O7P2/c3-1(4,5)2(6,13(7,8)9)14(10,11)12/h6H,(H2,7,8,9)(H2,10,11,12). The van der Waals surface area contributed by atoms with Crippen molar-refractivity contribution in [2.24, 2.45) is 0 Å². The first kappa shape index (κ1) is 14.1. The van der Waals surface area contributed by atoms with Crippen LogP contribution in [-0.2, 0) is 9.13 Å². The van der Waals surface area contributed by atoms with Gasteiger partial charge in [0.2, 0.25) is 0 Å². The predicted octanol–water partition coefficient (Wildman–Crippen LogP) is -0.450. The van der Waals surface area contributed by atoms with Gasteiger partial charge < -0.3 is 24.7 Å². The van der Waals surface area contributed by atoms with E-state index in [1.54, 1.807) is 0 Å². The van der Waals surface area contributed by atoms with E-state index in [2.05, 4.69) is 0 Å². The fraction of sp³-hybridized carbons (Fsp3) is 1.00. The summed E-state index contributed by atoms with van der Waals surface area (Å²) in [6.45, 7) is 0. The zero-order valence-electron chi connectivity index (χ0n) is 6.08. The highest BCUT2D eigenvalue weighted by atomic mass is 31.2. The molecule has 0 aromatic heterocycles. The van der Waals surface area contributed by atoms with Crippen LogP contribution in [0.5, 0.6) is 0 Å². The molecule has 0 saturated carbocycles. The molecule has 0 aromatic carbocycles. The molecule has 0 heterocycles. The van der Waals surface area contributed by atoms with Crippen molar-refractivity contribution in [3.8, 4) is 0 Å². The van der Waals surface area contributed by atoms with Crippen LogP contribution in [0, 0.1) is 0 Å². The molecule has 0 atom stereocenters. The third-order valence-electron chi connectivity index (χ3n) is 1.19. The van der Waals surface area contributed by atoms with Crippen LogP contribution in [0.3, 0.4) is 0 Å². The third-order valence-corrected chi connectivity index (χ3v) is 4.89. The van der Waals surface area contributed by atoms with Gasteiger partial charge in [0.25, 0.3) is 0 Å². The zero-order valence-corrected chi connectivity index (χ0v) is 7.87. The van der Waals surface area contributed by atoms with Crippen LogP contribution in [0.25, 0.3) is 0 Å². The molecular formula is C2H5F3O7P2. The minimum Gasteiger partial charge on any atom is -0.361 e. The van der Waals surface area contributed by atoms with Crippen LogP contribution in [-0.4, -0.2) is 35.9 Å². The largest absolute Gasteiger partial charge is 0.441 e. The Hall–Kier alpha value is 0.0500. The summed E-state index contributed by atoms with van der Waals surface area (Å²) >= 11 is 0. The van der Waals surface area contributed by atoms with Crippen molar-refractivity contribution in [1.82, 2.24) is 0 Å². The van der Waals surface area contributed by atoms with Gasteiger partial charge in [-0.25, -0.2) is 0 Å². The Bertz CT molecular complexity index is 287. The lowest BCUT2D eigenvalue weighted by molar-refractivity contribution is -0.204. The second-order valence-electron chi connectivity index (χ2n) is 2.22. The molecule has 0 aliphatic rings. The molecule has 86 valence electrons. The van der Waals surface area contributed by atoms with E-state index in [0.717, 1.165) is 0 Å². The predicted molar refractivity (Wildman–Crippen MR) is 35.1 cm³/mol. The van der Waals surface area contributed by atoms with Crippen LogP contribution < -0.4 is 0 Å². The van der Waals surface area contributed by atoms with Crippen molar-refractivity contribution in [1.29, 1.82) is 0 Å². The molecule has 0 aromatic rings. The Morgan fingerprint density at radius 3 is 1.07 bits per heavy atom. The second-order valence-corrected chi connectivity index (χ2v) is 6.04. The minimum atomic E-state index is -6.46. The third kappa shape index (κ3) is 2.01. The fourth-order valence-electron chi connectivity index (χ4n) is 0.500. The Kier molecular flexibility index (Phi) is 3.29. The summed E-state index contributed by atoms with van der Waals surface area (Å²) in [7, 11) is -12.9. The fourth-order valence-corrected chi connectivity index (χ4v) is 2.52. The van der Waals surface area contributed by atoms with Gasteiger partial charge in [0, 0.05) is 0 Å². The van der Waals surface area contributed by atoms with Gasteiger partial charge in [-0.05, 0) is 0 Å². The Balaban J connectivity index is 5.81. The summed E-state index contributed by atoms with van der Waals surface area (Å²) in [5.41, 5.74) is 0. The number of hydrogen-bond donors (Lipinski definition) is 5. The van der Waals surface area contributed by atoms with Crippen LogP contribution in [0.2, 0.25) is 0 Å². The van der Waals surface area contributed by atoms with E-state index in [-0.39, 0.29) is 0 Å². The second kappa shape index (κ2) is 3.28. The van der Waals surface area contributed by atoms with Gasteiger partial charge in [-0.3, -0.25) is 9.13 Å². The molecule has 0 aliphatic heterocycles. The van der Waals surface area contributed by atoms with E-state index in [9.17, 15) is 22.3 Å². The van der Waals surface area contributed by atoms with E-state index >= 15 is 0 Å². The van der Waals surface area contributed by atoms with Crippen molar-refractivity contribution in [2.75, 3.05) is 0 Å². The van der Waals surface area contributed by atoms with Gasteiger partial charge in [-0.15, -0.1) is 0 Å². The van der Waals surface area contributed by atoms with Crippen molar-refractivity contribution in [3.63, 3.8) is 0 Å². The number of halogens is 3. The Morgan fingerprint density at radius 1 is 0.857 bits per heavy atom. The molecule has 0 unspecified atom stereocenters. The molecule has 0 rings (SSSR count). The number of hydrogen-bond acceptors (Lipinski definition) is 3. The molecule has 0 saturated heterocycles. The van der Waals surface area contributed by atoms with E-state index in [4.69, 9.17) is 24.7 Å². The molecule has 0 aliphatic carbocycles. The van der Waals surface area contributed by atoms with Crippen LogP contribution >= 0.6 is 15.2 Å². The summed E-state index contributed by atoms with van der Waals surface area (Å²) in [5.74, 6) is 0. The SMILES string of the molecule is O=P(O)(O)C(O)(C(F)(F)F)P(=O)(O)O. The Labute approximate surface area is 74.5 Å².